The molecule has 1 saturated heterocycles. The van der Waals surface area contributed by atoms with Crippen molar-refractivity contribution in [1.29, 1.82) is 0 Å². The van der Waals surface area contributed by atoms with Crippen LogP contribution in [0.3, 0.4) is 0 Å². The molecular weight excluding hydrogens is 751 g/mol. The standard InChI is InChI=1S/C38H53ClN8O7.ClH/c1-45(17-22-48)32(50)25-53-30-13-9-27(10-14-30)6-3-19-47(20-4-7-28-11-15-31(16-12-28)54-26-33(51)46(2)18-23-49)21-5-8-29(24-47)42-38(52)34-36(40)44-37(41)35(39)43-34;/h9-16,29,48-49H,3-8,17-26H2,1-2H3,(H4-,40,41,42,44,52);1H/t29-;/m0./s1. The summed E-state index contributed by atoms with van der Waals surface area (Å²) in [6.07, 6.45) is 5.31. The Morgan fingerprint density at radius 2 is 1.33 bits per heavy atom. The van der Waals surface area contributed by atoms with Crippen molar-refractivity contribution in [3.05, 3.63) is 70.5 Å². The molecule has 3 amide bonds. The van der Waals surface area contributed by atoms with Crippen LogP contribution in [0.15, 0.2) is 48.5 Å². The Labute approximate surface area is 333 Å². The topological polar surface area (TPSA) is 206 Å². The summed E-state index contributed by atoms with van der Waals surface area (Å²) in [6.45, 7) is 3.68. The molecule has 17 heteroatoms. The molecule has 4 rings (SSSR count). The number of nitrogens with two attached hydrogens (primary N) is 2. The van der Waals surface area contributed by atoms with Crippen LogP contribution in [0.1, 0.15) is 47.3 Å². The molecule has 7 N–H and O–H groups in total. The van der Waals surface area contributed by atoms with Crippen LogP contribution in [0.2, 0.25) is 5.15 Å². The van der Waals surface area contributed by atoms with E-state index in [2.05, 4.69) is 15.3 Å². The van der Waals surface area contributed by atoms with Crippen molar-refractivity contribution in [2.24, 2.45) is 0 Å². The lowest BCUT2D eigenvalue weighted by molar-refractivity contribution is -0.933. The van der Waals surface area contributed by atoms with E-state index >= 15 is 0 Å². The third-order valence-electron chi connectivity index (χ3n) is 9.74. The number of piperidine rings is 1. The minimum atomic E-state index is -0.431. The predicted octanol–water partition coefficient (Wildman–Crippen LogP) is -1.07. The average molecular weight is 806 g/mol. The summed E-state index contributed by atoms with van der Waals surface area (Å²) in [7, 11) is 3.25. The zero-order valence-corrected chi connectivity index (χ0v) is 33.1. The fourth-order valence-corrected chi connectivity index (χ4v) is 6.75. The zero-order valence-electron chi connectivity index (χ0n) is 31.6. The monoisotopic (exact) mass is 804 g/mol. The molecule has 0 saturated carbocycles. The Kier molecular flexibility index (Phi) is 18.2. The molecule has 3 aromatic rings. The first kappa shape index (κ1) is 45.0. The first-order valence-corrected chi connectivity index (χ1v) is 18.7. The van der Waals surface area contributed by atoms with E-state index in [1.165, 1.54) is 9.80 Å². The van der Waals surface area contributed by atoms with Crippen molar-refractivity contribution in [3.8, 4) is 11.5 Å². The van der Waals surface area contributed by atoms with Gasteiger partial charge in [-0.2, -0.15) is 0 Å². The third-order valence-corrected chi connectivity index (χ3v) is 10.0. The Bertz CT molecular complexity index is 1610. The van der Waals surface area contributed by atoms with E-state index in [4.69, 9.17) is 42.8 Å². The summed E-state index contributed by atoms with van der Waals surface area (Å²) in [5, 5.41) is 21.2. The van der Waals surface area contributed by atoms with E-state index in [0.29, 0.717) is 11.5 Å². The highest BCUT2D eigenvalue weighted by molar-refractivity contribution is 6.31. The number of hydrogen-bond donors (Lipinski definition) is 5. The van der Waals surface area contributed by atoms with Gasteiger partial charge in [0.1, 0.15) is 11.5 Å². The Hall–Kier alpha value is -4.41. The number of likely N-dealkylation sites (tertiary alicyclic amines) is 1. The number of nitrogen functional groups attached to an aromatic ring is 2. The quantitative estimate of drug-likeness (QED) is 0.0870. The number of rotatable bonds is 20. The van der Waals surface area contributed by atoms with Crippen LogP contribution < -0.4 is 38.7 Å². The van der Waals surface area contributed by atoms with Crippen molar-refractivity contribution in [2.75, 3.05) is 91.3 Å². The summed E-state index contributed by atoms with van der Waals surface area (Å²) < 4.78 is 12.2. The lowest BCUT2D eigenvalue weighted by Crippen LogP contribution is -3.00. The van der Waals surface area contributed by atoms with E-state index in [1.807, 2.05) is 48.5 Å². The van der Waals surface area contributed by atoms with E-state index in [0.717, 1.165) is 80.3 Å². The minimum absolute atomic E-state index is 0. The van der Waals surface area contributed by atoms with Crippen molar-refractivity contribution < 1.29 is 51.0 Å². The maximum absolute atomic E-state index is 13.3. The van der Waals surface area contributed by atoms with E-state index in [9.17, 15) is 14.4 Å². The molecular formula is C38H54Cl2N8O7. The summed E-state index contributed by atoms with van der Waals surface area (Å²) in [5.74, 6) is 0.274. The van der Waals surface area contributed by atoms with Crippen molar-refractivity contribution in [3.63, 3.8) is 0 Å². The highest BCUT2D eigenvalue weighted by atomic mass is 35.5. The number of benzene rings is 2. The van der Waals surface area contributed by atoms with Gasteiger partial charge in [-0.1, -0.05) is 35.9 Å². The molecule has 0 bridgehead atoms. The van der Waals surface area contributed by atoms with Gasteiger partial charge in [0.15, 0.2) is 35.7 Å². The van der Waals surface area contributed by atoms with Crippen LogP contribution >= 0.6 is 11.6 Å². The number of hydrogen-bond acceptors (Lipinski definition) is 11. The van der Waals surface area contributed by atoms with Crippen molar-refractivity contribution in [2.45, 2.75) is 44.6 Å². The highest BCUT2D eigenvalue weighted by Gasteiger charge is 2.35. The van der Waals surface area contributed by atoms with Gasteiger partial charge in [0.25, 0.3) is 17.7 Å². The molecule has 0 radical (unpaired) electrons. The lowest BCUT2D eigenvalue weighted by atomic mass is 9.99. The molecule has 2 aromatic carbocycles. The van der Waals surface area contributed by atoms with Gasteiger partial charge >= 0.3 is 0 Å². The van der Waals surface area contributed by atoms with Gasteiger partial charge in [0.2, 0.25) is 0 Å². The van der Waals surface area contributed by atoms with Crippen LogP contribution in [0, 0.1) is 0 Å². The van der Waals surface area contributed by atoms with E-state index < -0.39 is 5.91 Å². The number of carbonyl (C=O) groups excluding carboxylic acids is 3. The van der Waals surface area contributed by atoms with Gasteiger partial charge in [-0.25, -0.2) is 9.97 Å². The molecule has 0 unspecified atom stereocenters. The largest absolute Gasteiger partial charge is 1.00 e. The third kappa shape index (κ3) is 14.0. The summed E-state index contributed by atoms with van der Waals surface area (Å²) >= 11 is 6.05. The first-order chi connectivity index (χ1) is 25.9. The number of nitrogens with zero attached hydrogens (tertiary/aromatic N) is 5. The van der Waals surface area contributed by atoms with Crippen LogP contribution in [0.5, 0.6) is 11.5 Å². The lowest BCUT2D eigenvalue weighted by Gasteiger charge is -2.45. The van der Waals surface area contributed by atoms with Crippen LogP contribution in [0.4, 0.5) is 11.6 Å². The number of aliphatic hydroxyl groups excluding tert-OH is 2. The van der Waals surface area contributed by atoms with Crippen LogP contribution in [-0.4, -0.2) is 138 Å². The molecule has 1 atom stereocenters. The molecule has 2 heterocycles. The minimum Gasteiger partial charge on any atom is -1.00 e. The number of nitrogens with one attached hydrogen (secondary N) is 1. The van der Waals surface area contributed by atoms with Gasteiger partial charge < -0.3 is 63.2 Å². The number of aliphatic hydroxyl groups is 2. The molecule has 15 nitrogen and oxygen atoms in total. The van der Waals surface area contributed by atoms with E-state index in [1.54, 1.807) is 14.1 Å². The Balaban J connectivity index is 0.00000812. The van der Waals surface area contributed by atoms with Crippen LogP contribution in [-0.2, 0) is 22.4 Å². The number of aryl methyl sites for hydroxylation is 2. The average Bonchev–Trinajstić information content (AvgIpc) is 3.15. The number of aromatic nitrogens is 2. The number of ether oxygens (including phenoxy) is 2. The molecule has 1 aliphatic rings. The summed E-state index contributed by atoms with van der Waals surface area (Å²) in [6, 6.07) is 15.4. The zero-order chi connectivity index (χ0) is 39.1. The smallest absolute Gasteiger partial charge is 0.274 e. The second-order valence-electron chi connectivity index (χ2n) is 13.8. The number of anilines is 2. The molecule has 0 aliphatic carbocycles. The normalized spacial score (nSPS) is 14.7. The van der Waals surface area contributed by atoms with Gasteiger partial charge in [0.05, 0.1) is 45.4 Å². The summed E-state index contributed by atoms with van der Waals surface area (Å²) in [4.78, 5) is 48.5. The number of likely N-dealkylation sites (N-methyl/N-ethyl adjacent to an activating group) is 2. The fourth-order valence-electron chi connectivity index (χ4n) is 6.62. The highest BCUT2D eigenvalue weighted by Crippen LogP contribution is 2.25. The maximum Gasteiger partial charge on any atom is 0.274 e. The van der Waals surface area contributed by atoms with E-state index in [-0.39, 0.29) is 92.3 Å². The predicted molar refractivity (Wildman–Crippen MR) is 206 cm³/mol. The maximum atomic E-state index is 13.3. The fraction of sp³-hybridized carbons (Fsp3) is 0.500. The number of halogens is 2. The number of carbonyl (C=O) groups is 3. The van der Waals surface area contributed by atoms with Gasteiger partial charge in [0, 0.05) is 40.0 Å². The van der Waals surface area contributed by atoms with Crippen LogP contribution in [0.25, 0.3) is 0 Å². The SMILES string of the molecule is CN(CCO)C(=O)COc1ccc(CCC[N+]2(CCCc3ccc(OCC(=O)N(C)CCO)cc3)CCC[C@H](NC(=O)c3nc(Cl)c(N)nc3N)C2)cc1.[Cl-]. The second kappa shape index (κ2) is 22.2. The van der Waals surface area contributed by atoms with Crippen molar-refractivity contribution in [1.82, 2.24) is 25.1 Å². The molecule has 1 aliphatic heterocycles. The van der Waals surface area contributed by atoms with Gasteiger partial charge in [-0.05, 0) is 61.1 Å². The van der Waals surface area contributed by atoms with Crippen molar-refractivity contribution >= 4 is 41.0 Å². The Morgan fingerprint density at radius 1 is 0.836 bits per heavy atom. The molecule has 1 fully saturated rings. The van der Waals surface area contributed by atoms with Gasteiger partial charge in [-0.15, -0.1) is 0 Å². The van der Waals surface area contributed by atoms with Gasteiger partial charge in [-0.3, -0.25) is 14.4 Å². The summed E-state index contributed by atoms with van der Waals surface area (Å²) in [5.41, 5.74) is 14.0. The molecule has 0 spiro atoms. The molecule has 1 aromatic heterocycles. The number of quaternary nitrogens is 1. The number of amides is 3. The molecule has 55 heavy (non-hydrogen) atoms. The first-order valence-electron chi connectivity index (χ1n) is 18.3. The Morgan fingerprint density at radius 3 is 1.80 bits per heavy atom. The molecule has 302 valence electrons. The second-order valence-corrected chi connectivity index (χ2v) is 14.1.